The van der Waals surface area contributed by atoms with Gasteiger partial charge in [0, 0.05) is 33.4 Å². The second kappa shape index (κ2) is 5.27. The van der Waals surface area contributed by atoms with Gasteiger partial charge >= 0.3 is 0 Å². The van der Waals surface area contributed by atoms with Crippen LogP contribution in [0.1, 0.15) is 15.9 Å². The van der Waals surface area contributed by atoms with Gasteiger partial charge in [0.05, 0.1) is 6.54 Å². The van der Waals surface area contributed by atoms with Gasteiger partial charge < -0.3 is 4.57 Å². The third kappa shape index (κ3) is 2.30. The standard InChI is InChI=1S/C15H10Cl2N2O/c16-12-4-3-10(14(17)6-12)7-19-8-11(9-20)13-2-1-5-18-15(13)19/h1-6,8-9H,7H2. The lowest BCUT2D eigenvalue weighted by Gasteiger charge is -2.07. The summed E-state index contributed by atoms with van der Waals surface area (Å²) in [7, 11) is 0. The summed E-state index contributed by atoms with van der Waals surface area (Å²) in [6.07, 6.45) is 4.33. The number of hydrogen-bond donors (Lipinski definition) is 0. The number of pyridine rings is 1. The van der Waals surface area contributed by atoms with Gasteiger partial charge in [-0.05, 0) is 29.8 Å². The van der Waals surface area contributed by atoms with Crippen molar-refractivity contribution in [2.24, 2.45) is 0 Å². The van der Waals surface area contributed by atoms with Crippen LogP contribution in [0.3, 0.4) is 0 Å². The molecule has 0 bridgehead atoms. The highest BCUT2D eigenvalue weighted by Crippen LogP contribution is 2.24. The van der Waals surface area contributed by atoms with Crippen LogP contribution in [0.4, 0.5) is 0 Å². The minimum Gasteiger partial charge on any atom is -0.327 e. The maximum Gasteiger partial charge on any atom is 0.152 e. The number of carbonyl (C=O) groups is 1. The molecule has 0 aliphatic rings. The molecule has 0 radical (unpaired) electrons. The van der Waals surface area contributed by atoms with Crippen molar-refractivity contribution < 1.29 is 4.79 Å². The van der Waals surface area contributed by atoms with E-state index in [0.717, 1.165) is 22.9 Å². The van der Waals surface area contributed by atoms with Crippen molar-refractivity contribution >= 4 is 40.5 Å². The van der Waals surface area contributed by atoms with Crippen LogP contribution in [0.15, 0.2) is 42.7 Å². The minimum atomic E-state index is 0.539. The summed E-state index contributed by atoms with van der Waals surface area (Å²) in [5.74, 6) is 0. The first kappa shape index (κ1) is 13.2. The Labute approximate surface area is 125 Å². The van der Waals surface area contributed by atoms with Gasteiger partial charge in [-0.15, -0.1) is 0 Å². The van der Waals surface area contributed by atoms with Crippen molar-refractivity contribution in [1.29, 1.82) is 0 Å². The lowest BCUT2D eigenvalue weighted by atomic mass is 10.2. The zero-order valence-electron chi connectivity index (χ0n) is 10.4. The molecule has 3 nitrogen and oxygen atoms in total. The molecule has 0 saturated carbocycles. The van der Waals surface area contributed by atoms with Crippen LogP contribution < -0.4 is 0 Å². The summed E-state index contributed by atoms with van der Waals surface area (Å²) in [5.41, 5.74) is 2.31. The molecule has 1 aromatic carbocycles. The molecule has 0 spiro atoms. The van der Waals surface area contributed by atoms with Crippen molar-refractivity contribution in [2.45, 2.75) is 6.54 Å². The fourth-order valence-corrected chi connectivity index (χ4v) is 2.67. The highest BCUT2D eigenvalue weighted by atomic mass is 35.5. The molecule has 0 aliphatic carbocycles. The van der Waals surface area contributed by atoms with E-state index < -0.39 is 0 Å². The van der Waals surface area contributed by atoms with Gasteiger partial charge in [0.2, 0.25) is 0 Å². The Balaban J connectivity index is 2.09. The molecule has 0 N–H and O–H groups in total. The third-order valence-electron chi connectivity index (χ3n) is 3.15. The van der Waals surface area contributed by atoms with Crippen LogP contribution in [0.5, 0.6) is 0 Å². The lowest BCUT2D eigenvalue weighted by molar-refractivity contribution is 0.112. The van der Waals surface area contributed by atoms with Gasteiger partial charge in [-0.2, -0.15) is 0 Å². The molecule has 3 rings (SSSR count). The van der Waals surface area contributed by atoms with Gasteiger partial charge in [-0.3, -0.25) is 4.79 Å². The number of nitrogens with zero attached hydrogens (tertiary/aromatic N) is 2. The van der Waals surface area contributed by atoms with Crippen LogP contribution in [0.25, 0.3) is 11.0 Å². The Bertz CT molecular complexity index is 796. The van der Waals surface area contributed by atoms with E-state index in [0.29, 0.717) is 22.2 Å². The van der Waals surface area contributed by atoms with Crippen molar-refractivity contribution in [1.82, 2.24) is 9.55 Å². The predicted molar refractivity (Wildman–Crippen MR) is 80.7 cm³/mol. The van der Waals surface area contributed by atoms with Gasteiger partial charge in [-0.1, -0.05) is 29.3 Å². The molecule has 20 heavy (non-hydrogen) atoms. The number of rotatable bonds is 3. The van der Waals surface area contributed by atoms with E-state index >= 15 is 0 Å². The molecular weight excluding hydrogens is 295 g/mol. The molecule has 0 unspecified atom stereocenters. The lowest BCUT2D eigenvalue weighted by Crippen LogP contribution is -1.99. The SMILES string of the molecule is O=Cc1cn(Cc2ccc(Cl)cc2Cl)c2ncccc12. The van der Waals surface area contributed by atoms with Crippen molar-refractivity contribution in [3.05, 3.63) is 63.9 Å². The Morgan fingerprint density at radius 1 is 1.25 bits per heavy atom. The molecule has 2 aromatic heterocycles. The number of hydrogen-bond acceptors (Lipinski definition) is 2. The number of benzene rings is 1. The van der Waals surface area contributed by atoms with E-state index in [4.69, 9.17) is 23.2 Å². The highest BCUT2D eigenvalue weighted by Gasteiger charge is 2.10. The summed E-state index contributed by atoms with van der Waals surface area (Å²) in [4.78, 5) is 15.4. The topological polar surface area (TPSA) is 34.9 Å². The van der Waals surface area contributed by atoms with E-state index in [1.807, 2.05) is 22.8 Å². The normalized spacial score (nSPS) is 10.9. The summed E-state index contributed by atoms with van der Waals surface area (Å²) in [6, 6.07) is 9.07. The summed E-state index contributed by atoms with van der Waals surface area (Å²) in [6.45, 7) is 0.539. The Kier molecular flexibility index (Phi) is 3.47. The van der Waals surface area contributed by atoms with Gasteiger partial charge in [-0.25, -0.2) is 4.98 Å². The van der Waals surface area contributed by atoms with E-state index in [2.05, 4.69) is 4.98 Å². The van der Waals surface area contributed by atoms with Gasteiger partial charge in [0.15, 0.2) is 6.29 Å². The molecule has 2 heterocycles. The fourth-order valence-electron chi connectivity index (χ4n) is 2.20. The van der Waals surface area contributed by atoms with E-state index in [1.165, 1.54) is 0 Å². The largest absolute Gasteiger partial charge is 0.327 e. The number of aromatic nitrogens is 2. The van der Waals surface area contributed by atoms with Crippen LogP contribution in [-0.2, 0) is 6.54 Å². The summed E-state index contributed by atoms with van der Waals surface area (Å²) < 4.78 is 1.91. The monoisotopic (exact) mass is 304 g/mol. The van der Waals surface area contributed by atoms with Crippen molar-refractivity contribution in [3.63, 3.8) is 0 Å². The molecule has 0 amide bonds. The first-order valence-corrected chi connectivity index (χ1v) is 6.77. The van der Waals surface area contributed by atoms with Crippen LogP contribution in [-0.4, -0.2) is 15.8 Å². The number of carbonyl (C=O) groups excluding carboxylic acids is 1. The molecule has 0 saturated heterocycles. The van der Waals surface area contributed by atoms with Gasteiger partial charge in [0.25, 0.3) is 0 Å². The number of halogens is 2. The van der Waals surface area contributed by atoms with E-state index in [-0.39, 0.29) is 0 Å². The molecule has 3 aromatic rings. The second-order valence-electron chi connectivity index (χ2n) is 4.44. The minimum absolute atomic E-state index is 0.539. The summed E-state index contributed by atoms with van der Waals surface area (Å²) >= 11 is 12.1. The van der Waals surface area contributed by atoms with Crippen LogP contribution >= 0.6 is 23.2 Å². The van der Waals surface area contributed by atoms with Crippen molar-refractivity contribution in [2.75, 3.05) is 0 Å². The summed E-state index contributed by atoms with van der Waals surface area (Å²) in [5, 5.41) is 2.04. The second-order valence-corrected chi connectivity index (χ2v) is 5.28. The molecule has 0 fully saturated rings. The Morgan fingerprint density at radius 2 is 2.10 bits per heavy atom. The molecule has 0 aliphatic heterocycles. The number of fused-ring (bicyclic) bond motifs is 1. The average Bonchev–Trinajstić information content (AvgIpc) is 2.80. The first-order valence-electron chi connectivity index (χ1n) is 6.02. The zero-order valence-corrected chi connectivity index (χ0v) is 11.9. The van der Waals surface area contributed by atoms with Crippen molar-refractivity contribution in [3.8, 4) is 0 Å². The smallest absolute Gasteiger partial charge is 0.152 e. The molecule has 0 atom stereocenters. The first-order chi connectivity index (χ1) is 9.69. The molecule has 100 valence electrons. The fraction of sp³-hybridized carbons (Fsp3) is 0.0667. The zero-order chi connectivity index (χ0) is 14.1. The Morgan fingerprint density at radius 3 is 2.85 bits per heavy atom. The predicted octanol–water partition coefficient (Wildman–Crippen LogP) is 4.20. The molecular formula is C15H10Cl2N2O. The van der Waals surface area contributed by atoms with Crippen LogP contribution in [0.2, 0.25) is 10.0 Å². The third-order valence-corrected chi connectivity index (χ3v) is 3.73. The quantitative estimate of drug-likeness (QED) is 0.680. The average molecular weight is 305 g/mol. The van der Waals surface area contributed by atoms with Crippen LogP contribution in [0, 0.1) is 0 Å². The number of aldehydes is 1. The Hall–Kier alpha value is -1.84. The van der Waals surface area contributed by atoms with E-state index in [9.17, 15) is 4.79 Å². The molecule has 5 heteroatoms. The maximum absolute atomic E-state index is 11.1. The maximum atomic E-state index is 11.1. The highest BCUT2D eigenvalue weighted by molar-refractivity contribution is 6.35. The van der Waals surface area contributed by atoms with Gasteiger partial charge in [0.1, 0.15) is 5.65 Å². The van der Waals surface area contributed by atoms with E-state index in [1.54, 1.807) is 24.5 Å².